The predicted molar refractivity (Wildman–Crippen MR) is 72.5 cm³/mol. The lowest BCUT2D eigenvalue weighted by molar-refractivity contribution is 0.555. The summed E-state index contributed by atoms with van der Waals surface area (Å²) in [5.41, 5.74) is 0.711. The van der Waals surface area contributed by atoms with Gasteiger partial charge in [0.15, 0.2) is 5.16 Å². The van der Waals surface area contributed by atoms with Crippen molar-refractivity contribution in [1.29, 1.82) is 0 Å². The predicted octanol–water partition coefficient (Wildman–Crippen LogP) is 2.98. The number of H-pyrrole nitrogens is 1. The van der Waals surface area contributed by atoms with E-state index in [1.54, 1.807) is 11.8 Å². The number of hydrogen-bond acceptors (Lipinski definition) is 3. The fourth-order valence-corrected chi connectivity index (χ4v) is 3.18. The van der Waals surface area contributed by atoms with Crippen LogP contribution in [0.25, 0.3) is 0 Å². The Morgan fingerprint density at radius 3 is 2.94 bits per heavy atom. The maximum absolute atomic E-state index is 11.2. The van der Waals surface area contributed by atoms with Gasteiger partial charge in [-0.3, -0.25) is 4.79 Å². The van der Waals surface area contributed by atoms with Gasteiger partial charge in [0.2, 0.25) is 0 Å². The third-order valence-corrected chi connectivity index (χ3v) is 3.66. The van der Waals surface area contributed by atoms with Gasteiger partial charge in [-0.05, 0) is 25.7 Å². The zero-order valence-electron chi connectivity index (χ0n) is 9.62. The van der Waals surface area contributed by atoms with Crippen LogP contribution in [0.5, 0.6) is 0 Å². The molecule has 3 nitrogen and oxygen atoms in total. The number of aromatic amines is 1. The van der Waals surface area contributed by atoms with E-state index in [4.69, 9.17) is 0 Å². The van der Waals surface area contributed by atoms with E-state index in [1.807, 2.05) is 6.92 Å². The lowest BCUT2D eigenvalue weighted by Gasteiger charge is -2.08. The van der Waals surface area contributed by atoms with Crippen molar-refractivity contribution in [2.45, 2.75) is 31.8 Å². The molecule has 0 saturated carbocycles. The second kappa shape index (κ2) is 7.12. The first-order valence-electron chi connectivity index (χ1n) is 5.38. The summed E-state index contributed by atoms with van der Waals surface area (Å²) in [6.45, 7) is 4.08. The SMILES string of the molecule is Cc1cc(=O)[nH]c(SCCC(C)CCBr)n1. The number of nitrogens with one attached hydrogen (secondary N) is 1. The third kappa shape index (κ3) is 5.16. The maximum atomic E-state index is 11.2. The number of rotatable bonds is 6. The second-order valence-corrected chi connectivity index (χ2v) is 5.79. The van der Waals surface area contributed by atoms with Crippen molar-refractivity contribution in [3.05, 3.63) is 22.1 Å². The minimum atomic E-state index is -0.0662. The standard InChI is InChI=1S/C11H17BrN2OS/c1-8(3-5-12)4-6-16-11-13-9(2)7-10(15)14-11/h7-8H,3-6H2,1-2H3,(H,13,14,15). The zero-order valence-corrected chi connectivity index (χ0v) is 12.0. The minimum Gasteiger partial charge on any atom is -0.301 e. The number of aromatic nitrogens is 2. The third-order valence-electron chi connectivity index (χ3n) is 2.30. The highest BCUT2D eigenvalue weighted by Gasteiger charge is 2.03. The quantitative estimate of drug-likeness (QED) is 0.499. The van der Waals surface area contributed by atoms with Gasteiger partial charge in [-0.2, -0.15) is 0 Å². The first kappa shape index (κ1) is 13.8. The van der Waals surface area contributed by atoms with Crippen molar-refractivity contribution >= 4 is 27.7 Å². The van der Waals surface area contributed by atoms with Gasteiger partial charge in [0.05, 0.1) is 0 Å². The summed E-state index contributed by atoms with van der Waals surface area (Å²) in [5, 5.41) is 1.79. The molecule has 1 N–H and O–H groups in total. The van der Waals surface area contributed by atoms with Gasteiger partial charge in [-0.15, -0.1) is 0 Å². The molecule has 1 atom stereocenters. The molecule has 16 heavy (non-hydrogen) atoms. The molecule has 1 heterocycles. The van der Waals surface area contributed by atoms with Crippen molar-refractivity contribution in [3.63, 3.8) is 0 Å². The highest BCUT2D eigenvalue weighted by Crippen LogP contribution is 2.17. The van der Waals surface area contributed by atoms with Gasteiger partial charge in [0.1, 0.15) is 0 Å². The van der Waals surface area contributed by atoms with Crippen LogP contribution >= 0.6 is 27.7 Å². The highest BCUT2D eigenvalue weighted by molar-refractivity contribution is 9.09. The van der Waals surface area contributed by atoms with Crippen molar-refractivity contribution in [2.24, 2.45) is 5.92 Å². The fraction of sp³-hybridized carbons (Fsp3) is 0.636. The van der Waals surface area contributed by atoms with Gasteiger partial charge in [0, 0.05) is 22.8 Å². The Hall–Kier alpha value is -0.290. The van der Waals surface area contributed by atoms with Gasteiger partial charge < -0.3 is 4.98 Å². The van der Waals surface area contributed by atoms with Crippen LogP contribution in [0, 0.1) is 12.8 Å². The largest absolute Gasteiger partial charge is 0.301 e. The Bertz CT molecular complexity index is 380. The number of aryl methyl sites for hydroxylation is 1. The first-order valence-corrected chi connectivity index (χ1v) is 7.49. The second-order valence-electron chi connectivity index (χ2n) is 3.91. The summed E-state index contributed by atoms with van der Waals surface area (Å²) < 4.78 is 0. The number of nitrogens with zero attached hydrogens (tertiary/aromatic N) is 1. The van der Waals surface area contributed by atoms with Crippen molar-refractivity contribution in [1.82, 2.24) is 9.97 Å². The zero-order chi connectivity index (χ0) is 12.0. The molecule has 90 valence electrons. The van der Waals surface area contributed by atoms with Crippen LogP contribution in [-0.4, -0.2) is 21.1 Å². The Morgan fingerprint density at radius 1 is 1.56 bits per heavy atom. The van der Waals surface area contributed by atoms with Gasteiger partial charge in [-0.1, -0.05) is 34.6 Å². The van der Waals surface area contributed by atoms with Gasteiger partial charge in [-0.25, -0.2) is 4.98 Å². The molecule has 1 unspecified atom stereocenters. The van der Waals surface area contributed by atoms with E-state index >= 15 is 0 Å². The van der Waals surface area contributed by atoms with Crippen LogP contribution in [0.15, 0.2) is 16.0 Å². The summed E-state index contributed by atoms with van der Waals surface area (Å²) in [5.74, 6) is 1.71. The average molecular weight is 305 g/mol. The summed E-state index contributed by atoms with van der Waals surface area (Å²) in [7, 11) is 0. The molecular formula is C11H17BrN2OS. The first-order chi connectivity index (χ1) is 7.61. The Balaban J connectivity index is 2.40. The molecule has 0 radical (unpaired) electrons. The highest BCUT2D eigenvalue weighted by atomic mass is 79.9. The van der Waals surface area contributed by atoms with Crippen molar-refractivity contribution in [2.75, 3.05) is 11.1 Å². The molecule has 0 aliphatic carbocycles. The summed E-state index contributed by atoms with van der Waals surface area (Å²) in [6, 6.07) is 1.51. The smallest absolute Gasteiger partial charge is 0.251 e. The normalized spacial score (nSPS) is 12.7. The van der Waals surface area contributed by atoms with Crippen LogP contribution in [0.4, 0.5) is 0 Å². The molecular weight excluding hydrogens is 288 g/mol. The van der Waals surface area contributed by atoms with E-state index in [1.165, 1.54) is 12.5 Å². The molecule has 0 aliphatic rings. The monoisotopic (exact) mass is 304 g/mol. The molecule has 1 rings (SSSR count). The van der Waals surface area contributed by atoms with E-state index < -0.39 is 0 Å². The molecule has 0 bridgehead atoms. The minimum absolute atomic E-state index is 0.0662. The van der Waals surface area contributed by atoms with Crippen LogP contribution < -0.4 is 5.56 Å². The molecule has 0 aromatic carbocycles. The molecule has 1 aromatic heterocycles. The van der Waals surface area contributed by atoms with E-state index in [0.29, 0.717) is 5.92 Å². The van der Waals surface area contributed by atoms with Crippen molar-refractivity contribution < 1.29 is 0 Å². The average Bonchev–Trinajstić information content (AvgIpc) is 2.16. The van der Waals surface area contributed by atoms with E-state index in [9.17, 15) is 4.79 Å². The molecule has 0 amide bonds. The number of hydrogen-bond donors (Lipinski definition) is 1. The Morgan fingerprint density at radius 2 is 2.31 bits per heavy atom. The van der Waals surface area contributed by atoms with Gasteiger partial charge in [0.25, 0.3) is 5.56 Å². The number of thioether (sulfide) groups is 1. The van der Waals surface area contributed by atoms with Gasteiger partial charge >= 0.3 is 0 Å². The van der Waals surface area contributed by atoms with Crippen LogP contribution in [0.2, 0.25) is 0 Å². The molecule has 0 spiro atoms. The molecule has 0 saturated heterocycles. The van der Waals surface area contributed by atoms with E-state index in [2.05, 4.69) is 32.8 Å². The topological polar surface area (TPSA) is 45.8 Å². The molecule has 0 aliphatic heterocycles. The summed E-state index contributed by atoms with van der Waals surface area (Å²) in [4.78, 5) is 18.2. The van der Waals surface area contributed by atoms with E-state index in [0.717, 1.165) is 28.4 Å². The lowest BCUT2D eigenvalue weighted by Crippen LogP contribution is -2.08. The number of halogens is 1. The summed E-state index contributed by atoms with van der Waals surface area (Å²) >= 11 is 5.06. The lowest BCUT2D eigenvalue weighted by atomic mass is 10.1. The van der Waals surface area contributed by atoms with Crippen LogP contribution in [-0.2, 0) is 0 Å². The van der Waals surface area contributed by atoms with Crippen LogP contribution in [0.3, 0.4) is 0 Å². The molecule has 5 heteroatoms. The van der Waals surface area contributed by atoms with E-state index in [-0.39, 0.29) is 5.56 Å². The summed E-state index contributed by atoms with van der Waals surface area (Å²) in [6.07, 6.45) is 2.34. The van der Waals surface area contributed by atoms with Crippen molar-refractivity contribution in [3.8, 4) is 0 Å². The maximum Gasteiger partial charge on any atom is 0.251 e. The molecule has 1 aromatic rings. The Labute approximate surface area is 109 Å². The Kier molecular flexibility index (Phi) is 6.13. The fourth-order valence-electron chi connectivity index (χ4n) is 1.31. The molecule has 0 fully saturated rings. The van der Waals surface area contributed by atoms with Crippen LogP contribution in [0.1, 0.15) is 25.5 Å². The number of alkyl halides is 1.